The van der Waals surface area contributed by atoms with Gasteiger partial charge in [-0.2, -0.15) is 0 Å². The normalized spacial score (nSPS) is 11.1. The van der Waals surface area contributed by atoms with Gasteiger partial charge >= 0.3 is 0 Å². The molecule has 3 nitrogen and oxygen atoms in total. The molecule has 2 aromatic rings. The summed E-state index contributed by atoms with van der Waals surface area (Å²) in [6.45, 7) is 7.03. The molecule has 0 fully saturated rings. The SMILES string of the molecule is Cc1oc(CNC(C)C)cc1COc1ccccc1F. The zero-order valence-corrected chi connectivity index (χ0v) is 12.1. The number of furan rings is 1. The molecular formula is C16H20FNO2. The molecule has 1 N–H and O–H groups in total. The van der Waals surface area contributed by atoms with Crippen LogP contribution in [0.2, 0.25) is 0 Å². The third-order valence-corrected chi connectivity index (χ3v) is 2.98. The van der Waals surface area contributed by atoms with Crippen molar-refractivity contribution in [1.29, 1.82) is 0 Å². The van der Waals surface area contributed by atoms with E-state index in [9.17, 15) is 4.39 Å². The van der Waals surface area contributed by atoms with Crippen LogP contribution in [0.4, 0.5) is 4.39 Å². The van der Waals surface area contributed by atoms with Gasteiger partial charge in [-0.1, -0.05) is 26.0 Å². The number of benzene rings is 1. The molecule has 0 amide bonds. The molecule has 1 aromatic heterocycles. The molecule has 0 saturated heterocycles. The molecule has 0 aliphatic heterocycles. The molecular weight excluding hydrogens is 257 g/mol. The number of nitrogens with one attached hydrogen (secondary N) is 1. The van der Waals surface area contributed by atoms with Gasteiger partial charge in [0.15, 0.2) is 11.6 Å². The van der Waals surface area contributed by atoms with Crippen molar-refractivity contribution in [2.24, 2.45) is 0 Å². The zero-order valence-electron chi connectivity index (χ0n) is 12.1. The molecule has 20 heavy (non-hydrogen) atoms. The number of hydrogen-bond donors (Lipinski definition) is 1. The van der Waals surface area contributed by atoms with Crippen molar-refractivity contribution in [3.05, 3.63) is 53.2 Å². The smallest absolute Gasteiger partial charge is 0.165 e. The summed E-state index contributed by atoms with van der Waals surface area (Å²) in [5.41, 5.74) is 0.939. The summed E-state index contributed by atoms with van der Waals surface area (Å²) in [4.78, 5) is 0. The van der Waals surface area contributed by atoms with Crippen molar-refractivity contribution >= 4 is 0 Å². The molecule has 2 rings (SSSR count). The zero-order chi connectivity index (χ0) is 14.5. The molecule has 0 spiro atoms. The van der Waals surface area contributed by atoms with Crippen LogP contribution in [0.15, 0.2) is 34.7 Å². The van der Waals surface area contributed by atoms with Crippen LogP contribution in [0.1, 0.15) is 30.9 Å². The third-order valence-electron chi connectivity index (χ3n) is 2.98. The van der Waals surface area contributed by atoms with Gasteiger partial charge < -0.3 is 14.5 Å². The minimum absolute atomic E-state index is 0.259. The first-order valence-corrected chi connectivity index (χ1v) is 6.75. The first-order valence-electron chi connectivity index (χ1n) is 6.75. The highest BCUT2D eigenvalue weighted by atomic mass is 19.1. The van der Waals surface area contributed by atoms with Crippen LogP contribution in [0.25, 0.3) is 0 Å². The highest BCUT2D eigenvalue weighted by molar-refractivity contribution is 5.25. The topological polar surface area (TPSA) is 34.4 Å². The molecule has 0 unspecified atom stereocenters. The maximum absolute atomic E-state index is 13.4. The average Bonchev–Trinajstić information content (AvgIpc) is 2.76. The van der Waals surface area contributed by atoms with Crippen molar-refractivity contribution in [2.45, 2.75) is 40.0 Å². The molecule has 0 saturated carbocycles. The van der Waals surface area contributed by atoms with Crippen LogP contribution in [0, 0.1) is 12.7 Å². The van der Waals surface area contributed by atoms with E-state index in [4.69, 9.17) is 9.15 Å². The Balaban J connectivity index is 1.98. The summed E-state index contributed by atoms with van der Waals surface area (Å²) in [6, 6.07) is 8.74. The van der Waals surface area contributed by atoms with Gasteiger partial charge in [0.05, 0.1) is 6.54 Å². The first-order chi connectivity index (χ1) is 9.56. The van der Waals surface area contributed by atoms with E-state index in [1.807, 2.05) is 13.0 Å². The lowest BCUT2D eigenvalue weighted by Crippen LogP contribution is -2.21. The molecule has 0 atom stereocenters. The van der Waals surface area contributed by atoms with E-state index < -0.39 is 0 Å². The molecule has 0 aliphatic rings. The maximum atomic E-state index is 13.4. The van der Waals surface area contributed by atoms with Gasteiger partial charge in [-0.25, -0.2) is 4.39 Å². The quantitative estimate of drug-likeness (QED) is 0.872. The van der Waals surface area contributed by atoms with Crippen LogP contribution < -0.4 is 10.1 Å². The summed E-state index contributed by atoms with van der Waals surface area (Å²) < 4.78 is 24.6. The Morgan fingerprint density at radius 1 is 1.30 bits per heavy atom. The number of aryl methyl sites for hydroxylation is 1. The summed E-state index contributed by atoms with van der Waals surface area (Å²) in [6.07, 6.45) is 0. The lowest BCUT2D eigenvalue weighted by atomic mass is 10.2. The molecule has 0 aliphatic carbocycles. The van der Waals surface area contributed by atoms with Gasteiger partial charge in [-0.3, -0.25) is 0 Å². The Morgan fingerprint density at radius 2 is 2.05 bits per heavy atom. The van der Waals surface area contributed by atoms with Crippen LogP contribution in [-0.2, 0) is 13.2 Å². The summed E-state index contributed by atoms with van der Waals surface area (Å²) >= 11 is 0. The van der Waals surface area contributed by atoms with E-state index in [-0.39, 0.29) is 11.6 Å². The van der Waals surface area contributed by atoms with E-state index in [0.29, 0.717) is 19.2 Å². The Kier molecular flexibility index (Phi) is 4.79. The fourth-order valence-electron chi connectivity index (χ4n) is 1.84. The Labute approximate surface area is 118 Å². The van der Waals surface area contributed by atoms with Crippen molar-refractivity contribution < 1.29 is 13.5 Å². The summed E-state index contributed by atoms with van der Waals surface area (Å²) in [7, 11) is 0. The monoisotopic (exact) mass is 277 g/mol. The number of halogens is 1. The van der Waals surface area contributed by atoms with E-state index >= 15 is 0 Å². The molecule has 0 radical (unpaired) electrons. The minimum atomic E-state index is -0.352. The fourth-order valence-corrected chi connectivity index (χ4v) is 1.84. The van der Waals surface area contributed by atoms with E-state index in [0.717, 1.165) is 17.1 Å². The predicted molar refractivity (Wildman–Crippen MR) is 76.2 cm³/mol. The van der Waals surface area contributed by atoms with Gasteiger partial charge in [0.2, 0.25) is 0 Å². The highest BCUT2D eigenvalue weighted by Gasteiger charge is 2.09. The first kappa shape index (κ1) is 14.6. The van der Waals surface area contributed by atoms with Gasteiger partial charge in [-0.15, -0.1) is 0 Å². The van der Waals surface area contributed by atoms with Gasteiger partial charge in [0, 0.05) is 11.6 Å². The van der Waals surface area contributed by atoms with Crippen LogP contribution in [-0.4, -0.2) is 6.04 Å². The highest BCUT2D eigenvalue weighted by Crippen LogP contribution is 2.20. The number of rotatable bonds is 6. The van der Waals surface area contributed by atoms with Crippen molar-refractivity contribution in [3.63, 3.8) is 0 Å². The second kappa shape index (κ2) is 6.57. The van der Waals surface area contributed by atoms with E-state index in [1.54, 1.807) is 18.2 Å². The summed E-state index contributed by atoms with van der Waals surface area (Å²) in [5.74, 6) is 1.58. The van der Waals surface area contributed by atoms with Gasteiger partial charge in [0.1, 0.15) is 18.1 Å². The Bertz CT molecular complexity index is 563. The van der Waals surface area contributed by atoms with Crippen molar-refractivity contribution in [1.82, 2.24) is 5.32 Å². The number of para-hydroxylation sites is 1. The summed E-state index contributed by atoms with van der Waals surface area (Å²) in [5, 5.41) is 3.29. The fraction of sp³-hybridized carbons (Fsp3) is 0.375. The molecule has 0 bridgehead atoms. The van der Waals surface area contributed by atoms with Crippen LogP contribution in [0.5, 0.6) is 5.75 Å². The van der Waals surface area contributed by atoms with Gasteiger partial charge in [0.25, 0.3) is 0 Å². The minimum Gasteiger partial charge on any atom is -0.486 e. The second-order valence-corrected chi connectivity index (χ2v) is 5.05. The molecule has 1 heterocycles. The Hall–Kier alpha value is -1.81. The molecule has 4 heteroatoms. The molecule has 108 valence electrons. The van der Waals surface area contributed by atoms with Crippen LogP contribution in [0.3, 0.4) is 0 Å². The number of ether oxygens (including phenoxy) is 1. The third kappa shape index (κ3) is 3.84. The van der Waals surface area contributed by atoms with Crippen LogP contribution >= 0.6 is 0 Å². The second-order valence-electron chi connectivity index (χ2n) is 5.05. The maximum Gasteiger partial charge on any atom is 0.165 e. The Morgan fingerprint density at radius 3 is 2.75 bits per heavy atom. The molecule has 1 aromatic carbocycles. The van der Waals surface area contributed by atoms with Crippen molar-refractivity contribution in [3.8, 4) is 5.75 Å². The average molecular weight is 277 g/mol. The van der Waals surface area contributed by atoms with E-state index in [1.165, 1.54) is 6.07 Å². The lowest BCUT2D eigenvalue weighted by Gasteiger charge is -2.05. The number of hydrogen-bond acceptors (Lipinski definition) is 3. The van der Waals surface area contributed by atoms with Crippen molar-refractivity contribution in [2.75, 3.05) is 0 Å². The van der Waals surface area contributed by atoms with E-state index in [2.05, 4.69) is 19.2 Å². The standard InChI is InChI=1S/C16H20FNO2/c1-11(2)18-9-14-8-13(12(3)20-14)10-19-16-7-5-4-6-15(16)17/h4-8,11,18H,9-10H2,1-3H3. The largest absolute Gasteiger partial charge is 0.486 e. The van der Waals surface area contributed by atoms with Gasteiger partial charge in [-0.05, 0) is 25.1 Å². The predicted octanol–water partition coefficient (Wildman–Crippen LogP) is 3.80. The lowest BCUT2D eigenvalue weighted by molar-refractivity contribution is 0.287.